The second kappa shape index (κ2) is 18.1. The highest BCUT2D eigenvalue weighted by molar-refractivity contribution is 6.13. The van der Waals surface area contributed by atoms with E-state index in [1.54, 1.807) is 12.1 Å². The fraction of sp³-hybridized carbons (Fsp3) is 0.0896. The van der Waals surface area contributed by atoms with Crippen molar-refractivity contribution in [2.75, 3.05) is 0 Å². The highest BCUT2D eigenvalue weighted by Crippen LogP contribution is 2.48. The Morgan fingerprint density at radius 3 is 1.03 bits per heavy atom. The molecule has 9 heteroatoms. The van der Waals surface area contributed by atoms with E-state index in [1.165, 1.54) is 0 Å². The van der Waals surface area contributed by atoms with Crippen molar-refractivity contribution in [3.05, 3.63) is 239 Å². The summed E-state index contributed by atoms with van der Waals surface area (Å²) in [7, 11) is 0. The summed E-state index contributed by atoms with van der Waals surface area (Å²) in [4.78, 5) is 0. The number of benzene rings is 10. The number of rotatable bonds is 7. The Hall–Kier alpha value is -9.13. The molecule has 3 nitrogen and oxygen atoms in total. The van der Waals surface area contributed by atoms with Gasteiger partial charge in [-0.1, -0.05) is 152 Å². The fourth-order valence-corrected chi connectivity index (χ4v) is 11.3. The van der Waals surface area contributed by atoms with E-state index in [9.17, 15) is 18.4 Å². The standard InChI is InChI=1S/C67H45F6N3/c1-39-13-5-9-17-49(39)43-21-26-54-55-27-22-44(50-18-10-6-14-40(50)2)32-62(55)75(61(54)31-43)60-37-58(53-30-25-48(66(68,69)70)36-59(53)67(71,72)73)65(35-47(60)38-74)76-63-33-45(51-19-11-7-15-41(51)3)23-28-56(63)57-29-24-46(34-64(57)76)52-20-12-8-16-42(52)4/h5-37H,1-4H3. The van der Waals surface area contributed by atoms with Crippen LogP contribution >= 0.6 is 0 Å². The van der Waals surface area contributed by atoms with Crippen LogP contribution in [0.2, 0.25) is 0 Å². The summed E-state index contributed by atoms with van der Waals surface area (Å²) in [5, 5.41) is 14.8. The van der Waals surface area contributed by atoms with Gasteiger partial charge in [-0.3, -0.25) is 0 Å². The molecule has 12 aromatic rings. The highest BCUT2D eigenvalue weighted by atomic mass is 19.4. The summed E-state index contributed by atoms with van der Waals surface area (Å²) in [5.74, 6) is 0. The first-order valence-electron chi connectivity index (χ1n) is 24.9. The molecule has 0 spiro atoms. The van der Waals surface area contributed by atoms with Crippen molar-refractivity contribution >= 4 is 43.6 Å². The summed E-state index contributed by atoms with van der Waals surface area (Å²) in [6.07, 6.45) is -10.3. The summed E-state index contributed by atoms with van der Waals surface area (Å²) >= 11 is 0. The maximum absolute atomic E-state index is 15.8. The minimum absolute atomic E-state index is 0.0310. The molecule has 0 N–H and O–H groups in total. The van der Waals surface area contributed by atoms with Gasteiger partial charge in [0.15, 0.2) is 0 Å². The van der Waals surface area contributed by atoms with Gasteiger partial charge >= 0.3 is 12.4 Å². The molecule has 0 saturated carbocycles. The molecule has 0 aliphatic heterocycles. The van der Waals surface area contributed by atoms with E-state index in [1.807, 2.05) is 207 Å². The van der Waals surface area contributed by atoms with Crippen LogP contribution in [0.4, 0.5) is 26.3 Å². The molecular weight excluding hydrogens is 961 g/mol. The van der Waals surface area contributed by atoms with Crippen LogP contribution < -0.4 is 0 Å². The van der Waals surface area contributed by atoms with E-state index in [4.69, 9.17) is 0 Å². The molecular formula is C67H45F6N3. The van der Waals surface area contributed by atoms with Gasteiger partial charge in [-0.15, -0.1) is 0 Å². The van der Waals surface area contributed by atoms with Crippen LogP contribution in [-0.2, 0) is 12.4 Å². The van der Waals surface area contributed by atoms with E-state index in [0.717, 1.165) is 94.4 Å². The van der Waals surface area contributed by atoms with Crippen LogP contribution in [0.15, 0.2) is 200 Å². The molecule has 0 unspecified atom stereocenters. The smallest absolute Gasteiger partial charge is 0.309 e. The maximum Gasteiger partial charge on any atom is 0.417 e. The van der Waals surface area contributed by atoms with Crippen LogP contribution in [0.1, 0.15) is 38.9 Å². The molecule has 0 bridgehead atoms. The number of hydrogen-bond donors (Lipinski definition) is 0. The SMILES string of the molecule is Cc1ccccc1-c1ccc2c3ccc(-c4ccccc4C)cc3n(-c3cc(-c4ccc(C(F)(F)F)cc4C(F)(F)F)c(-n4c5cc(-c6ccccc6C)ccc5c5ccc(-c6ccccc6C)cc54)cc3C#N)c2c1. The molecule has 0 saturated heterocycles. The molecule has 2 aromatic heterocycles. The number of hydrogen-bond acceptors (Lipinski definition) is 1. The number of fused-ring (bicyclic) bond motifs is 6. The van der Waals surface area contributed by atoms with E-state index >= 15 is 13.2 Å². The third kappa shape index (κ3) is 8.00. The minimum atomic E-state index is -5.24. The normalized spacial score (nSPS) is 12.1. The van der Waals surface area contributed by atoms with Crippen LogP contribution in [0, 0.1) is 39.0 Å². The van der Waals surface area contributed by atoms with Gasteiger partial charge in [0.2, 0.25) is 0 Å². The van der Waals surface area contributed by atoms with Crippen molar-refractivity contribution in [3.63, 3.8) is 0 Å². The molecule has 0 fully saturated rings. The summed E-state index contributed by atoms with van der Waals surface area (Å²) in [6, 6.07) is 63.4. The van der Waals surface area contributed by atoms with Crippen molar-refractivity contribution in [2.45, 2.75) is 40.0 Å². The first kappa shape index (κ1) is 47.8. The zero-order valence-electron chi connectivity index (χ0n) is 41.7. The van der Waals surface area contributed by atoms with Crippen molar-refractivity contribution < 1.29 is 26.3 Å². The molecule has 0 atom stereocenters. The number of nitriles is 1. The van der Waals surface area contributed by atoms with E-state index in [-0.39, 0.29) is 28.6 Å². The van der Waals surface area contributed by atoms with Crippen molar-refractivity contribution in [2.24, 2.45) is 0 Å². The van der Waals surface area contributed by atoms with E-state index < -0.39 is 29.0 Å². The topological polar surface area (TPSA) is 33.6 Å². The van der Waals surface area contributed by atoms with Crippen molar-refractivity contribution in [3.8, 4) is 73.1 Å². The highest BCUT2D eigenvalue weighted by Gasteiger charge is 2.39. The maximum atomic E-state index is 15.8. The molecule has 0 radical (unpaired) electrons. The predicted octanol–water partition coefficient (Wildman–Crippen LogP) is 19.4. The second-order valence-electron chi connectivity index (χ2n) is 19.6. The number of nitrogens with zero attached hydrogens (tertiary/aromatic N) is 3. The lowest BCUT2D eigenvalue weighted by Gasteiger charge is -2.22. The third-order valence-corrected chi connectivity index (χ3v) is 15.0. The molecule has 0 aliphatic rings. The number of aryl methyl sites for hydroxylation is 4. The van der Waals surface area contributed by atoms with Crippen molar-refractivity contribution in [1.82, 2.24) is 9.13 Å². The lowest BCUT2D eigenvalue weighted by atomic mass is 9.93. The first-order chi connectivity index (χ1) is 36.6. The fourth-order valence-electron chi connectivity index (χ4n) is 11.3. The van der Waals surface area contributed by atoms with Gasteiger partial charge in [0, 0.05) is 27.1 Å². The van der Waals surface area contributed by atoms with Crippen LogP contribution in [0.5, 0.6) is 0 Å². The summed E-state index contributed by atoms with van der Waals surface area (Å²) in [5.41, 5.74) is 11.1. The van der Waals surface area contributed by atoms with Crippen LogP contribution in [0.3, 0.4) is 0 Å². The number of aromatic nitrogens is 2. The molecule has 10 aromatic carbocycles. The lowest BCUT2D eigenvalue weighted by Crippen LogP contribution is -2.13. The van der Waals surface area contributed by atoms with Gasteiger partial charge in [0.25, 0.3) is 0 Å². The van der Waals surface area contributed by atoms with E-state index in [0.29, 0.717) is 28.1 Å². The molecule has 76 heavy (non-hydrogen) atoms. The monoisotopic (exact) mass is 1010 g/mol. The molecule has 0 amide bonds. The number of alkyl halides is 6. The number of halogens is 6. The molecule has 370 valence electrons. The Labute approximate surface area is 434 Å². The largest absolute Gasteiger partial charge is 0.417 e. The van der Waals surface area contributed by atoms with Crippen LogP contribution in [-0.4, -0.2) is 9.13 Å². The predicted molar refractivity (Wildman–Crippen MR) is 296 cm³/mol. The Morgan fingerprint density at radius 2 is 0.697 bits per heavy atom. The van der Waals surface area contributed by atoms with Gasteiger partial charge < -0.3 is 9.13 Å². The third-order valence-electron chi connectivity index (χ3n) is 15.0. The summed E-state index contributed by atoms with van der Waals surface area (Å²) in [6.45, 7) is 8.05. The molecule has 12 rings (SSSR count). The zero-order chi connectivity index (χ0) is 52.8. The summed E-state index contributed by atoms with van der Waals surface area (Å²) < 4.78 is 94.9. The second-order valence-corrected chi connectivity index (χ2v) is 19.6. The minimum Gasteiger partial charge on any atom is -0.309 e. The van der Waals surface area contributed by atoms with Gasteiger partial charge in [0.1, 0.15) is 6.07 Å². The quantitative estimate of drug-likeness (QED) is 0.147. The van der Waals surface area contributed by atoms with Crippen LogP contribution in [0.25, 0.3) is 111 Å². The van der Waals surface area contributed by atoms with Gasteiger partial charge in [-0.05, 0) is 149 Å². The van der Waals surface area contributed by atoms with Gasteiger partial charge in [0.05, 0.1) is 50.1 Å². The Morgan fingerprint density at radius 1 is 0.342 bits per heavy atom. The molecule has 2 heterocycles. The zero-order valence-corrected chi connectivity index (χ0v) is 41.7. The average molecular weight is 1010 g/mol. The van der Waals surface area contributed by atoms with Crippen molar-refractivity contribution in [1.29, 1.82) is 5.26 Å². The lowest BCUT2D eigenvalue weighted by molar-refractivity contribution is -0.142. The Kier molecular flexibility index (Phi) is 11.4. The van der Waals surface area contributed by atoms with Gasteiger partial charge in [-0.2, -0.15) is 31.6 Å². The van der Waals surface area contributed by atoms with Gasteiger partial charge in [-0.25, -0.2) is 0 Å². The first-order valence-corrected chi connectivity index (χ1v) is 24.9. The average Bonchev–Trinajstić information content (AvgIpc) is 4.14. The Bertz CT molecular complexity index is 4180. The Balaban J connectivity index is 1.25. The molecule has 0 aliphatic carbocycles. The van der Waals surface area contributed by atoms with E-state index in [2.05, 4.69) is 6.07 Å².